The molecule has 0 aliphatic rings. The van der Waals surface area contributed by atoms with Gasteiger partial charge < -0.3 is 5.32 Å². The van der Waals surface area contributed by atoms with Gasteiger partial charge in [0.25, 0.3) is 0 Å². The first-order chi connectivity index (χ1) is 12.6. The number of nitrogens with one attached hydrogen (secondary N) is 1. The van der Waals surface area contributed by atoms with Gasteiger partial charge in [0.05, 0.1) is 11.9 Å². The number of para-hydroxylation sites is 1. The molecule has 3 nitrogen and oxygen atoms in total. The highest BCUT2D eigenvalue weighted by Gasteiger charge is 2.15. The average Bonchev–Trinajstić information content (AvgIpc) is 2.66. The molecule has 134 valence electrons. The van der Waals surface area contributed by atoms with E-state index in [-0.39, 0.29) is 5.91 Å². The maximum absolute atomic E-state index is 12.6. The molecule has 0 aliphatic heterocycles. The number of benzene rings is 2. The molecule has 1 unspecified atom stereocenters. The Kier molecular flexibility index (Phi) is 5.67. The van der Waals surface area contributed by atoms with Crippen LogP contribution in [0.2, 0.25) is 0 Å². The maximum atomic E-state index is 12.6. The van der Waals surface area contributed by atoms with Gasteiger partial charge in [-0.2, -0.15) is 0 Å². The van der Waals surface area contributed by atoms with Crippen molar-refractivity contribution in [2.24, 2.45) is 0 Å². The highest BCUT2D eigenvalue weighted by Crippen LogP contribution is 2.23. The van der Waals surface area contributed by atoms with Crippen LogP contribution in [0.25, 0.3) is 10.9 Å². The molecule has 0 spiro atoms. The minimum atomic E-state index is 0.0580. The average molecular weight is 346 g/mol. The summed E-state index contributed by atoms with van der Waals surface area (Å²) in [6.45, 7) is 6.89. The van der Waals surface area contributed by atoms with Gasteiger partial charge in [0.15, 0.2) is 0 Å². The molecule has 1 heterocycles. The van der Waals surface area contributed by atoms with Crippen LogP contribution in [0, 0.1) is 13.8 Å². The van der Waals surface area contributed by atoms with Crippen molar-refractivity contribution in [3.8, 4) is 0 Å². The molecule has 1 atom stereocenters. The molecule has 0 fully saturated rings. The van der Waals surface area contributed by atoms with Crippen LogP contribution in [0.15, 0.2) is 54.6 Å². The first kappa shape index (κ1) is 18.1. The molecule has 1 amide bonds. The van der Waals surface area contributed by atoms with Crippen LogP contribution in [0.1, 0.15) is 41.6 Å². The van der Waals surface area contributed by atoms with E-state index in [0.717, 1.165) is 34.1 Å². The highest BCUT2D eigenvalue weighted by atomic mass is 16.1. The van der Waals surface area contributed by atoms with Crippen LogP contribution in [0.3, 0.4) is 0 Å². The minimum absolute atomic E-state index is 0.0580. The van der Waals surface area contributed by atoms with Gasteiger partial charge in [-0.3, -0.25) is 9.78 Å². The first-order valence-corrected chi connectivity index (χ1v) is 9.26. The van der Waals surface area contributed by atoms with E-state index in [1.807, 2.05) is 43.3 Å². The van der Waals surface area contributed by atoms with Gasteiger partial charge in [-0.25, -0.2) is 0 Å². The van der Waals surface area contributed by atoms with Crippen LogP contribution in [0.5, 0.6) is 0 Å². The third-order valence-corrected chi connectivity index (χ3v) is 5.13. The summed E-state index contributed by atoms with van der Waals surface area (Å²) >= 11 is 0. The lowest BCUT2D eigenvalue weighted by Crippen LogP contribution is -2.30. The van der Waals surface area contributed by atoms with Crippen LogP contribution in [-0.2, 0) is 11.2 Å². The summed E-state index contributed by atoms with van der Waals surface area (Å²) in [6.07, 6.45) is 1.38. The predicted molar refractivity (Wildman–Crippen MR) is 107 cm³/mol. The molecule has 0 saturated carbocycles. The Labute approximate surface area is 155 Å². The van der Waals surface area contributed by atoms with Gasteiger partial charge in [-0.05, 0) is 43.0 Å². The summed E-state index contributed by atoms with van der Waals surface area (Å²) in [7, 11) is 0. The summed E-state index contributed by atoms with van der Waals surface area (Å²) in [4.78, 5) is 17.2. The quantitative estimate of drug-likeness (QED) is 0.703. The van der Waals surface area contributed by atoms with Crippen LogP contribution < -0.4 is 5.32 Å². The van der Waals surface area contributed by atoms with Gasteiger partial charge in [0.2, 0.25) is 5.91 Å². The van der Waals surface area contributed by atoms with Crippen molar-refractivity contribution in [1.29, 1.82) is 0 Å². The Bertz CT molecular complexity index is 903. The second-order valence-corrected chi connectivity index (χ2v) is 6.81. The van der Waals surface area contributed by atoms with Gasteiger partial charge in [0, 0.05) is 23.5 Å². The van der Waals surface area contributed by atoms with Crippen LogP contribution in [-0.4, -0.2) is 17.4 Å². The Morgan fingerprint density at radius 1 is 1.04 bits per heavy atom. The number of amides is 1. The standard InChI is InChI=1S/C23H26N2O/c1-4-18(19-10-6-5-7-11-19)15-24-23(26)14-21-16(2)20-12-8-9-13-22(20)25-17(21)3/h5-13,18H,4,14-15H2,1-3H3,(H,24,26). The topological polar surface area (TPSA) is 42.0 Å². The third-order valence-electron chi connectivity index (χ3n) is 5.13. The SMILES string of the molecule is CCC(CNC(=O)Cc1c(C)nc2ccccc2c1C)c1ccccc1. The van der Waals surface area contributed by atoms with Gasteiger partial charge >= 0.3 is 0 Å². The van der Waals surface area contributed by atoms with Gasteiger partial charge in [-0.15, -0.1) is 0 Å². The highest BCUT2D eigenvalue weighted by molar-refractivity contribution is 5.86. The molecule has 0 aliphatic carbocycles. The van der Waals surface area contributed by atoms with Gasteiger partial charge in [-0.1, -0.05) is 55.5 Å². The normalized spacial score (nSPS) is 12.1. The first-order valence-electron chi connectivity index (χ1n) is 9.26. The largest absolute Gasteiger partial charge is 0.355 e. The molecular formula is C23H26N2O. The number of aromatic nitrogens is 1. The van der Waals surface area contributed by atoms with Crippen molar-refractivity contribution in [2.45, 2.75) is 39.5 Å². The number of nitrogens with zero attached hydrogens (tertiary/aromatic N) is 1. The smallest absolute Gasteiger partial charge is 0.224 e. The van der Waals surface area contributed by atoms with E-state index in [4.69, 9.17) is 0 Å². The molecule has 1 N–H and O–H groups in total. The van der Waals surface area contributed by atoms with Crippen LogP contribution in [0.4, 0.5) is 0 Å². The monoisotopic (exact) mass is 346 g/mol. The fraction of sp³-hybridized carbons (Fsp3) is 0.304. The fourth-order valence-electron chi connectivity index (χ4n) is 3.51. The van der Waals surface area contributed by atoms with E-state index in [0.29, 0.717) is 18.9 Å². The van der Waals surface area contributed by atoms with Crippen molar-refractivity contribution >= 4 is 16.8 Å². The number of hydrogen-bond acceptors (Lipinski definition) is 2. The summed E-state index contributed by atoms with van der Waals surface area (Å²) in [5.74, 6) is 0.403. The minimum Gasteiger partial charge on any atom is -0.355 e. The maximum Gasteiger partial charge on any atom is 0.224 e. The lowest BCUT2D eigenvalue weighted by atomic mass is 9.96. The summed E-state index contributed by atoms with van der Waals surface area (Å²) in [5.41, 5.74) is 5.38. The molecule has 3 aromatic rings. The van der Waals surface area contributed by atoms with E-state index in [1.54, 1.807) is 0 Å². The van der Waals surface area contributed by atoms with E-state index < -0.39 is 0 Å². The van der Waals surface area contributed by atoms with Crippen molar-refractivity contribution in [3.63, 3.8) is 0 Å². The number of aryl methyl sites for hydroxylation is 2. The Morgan fingerprint density at radius 3 is 2.46 bits per heavy atom. The Morgan fingerprint density at radius 2 is 1.73 bits per heavy atom. The van der Waals surface area contributed by atoms with E-state index in [1.165, 1.54) is 5.56 Å². The molecule has 0 radical (unpaired) electrons. The lowest BCUT2D eigenvalue weighted by molar-refractivity contribution is -0.120. The molecule has 2 aromatic carbocycles. The molecule has 3 rings (SSSR count). The summed E-state index contributed by atoms with van der Waals surface area (Å²) < 4.78 is 0. The number of hydrogen-bond donors (Lipinski definition) is 1. The molecule has 26 heavy (non-hydrogen) atoms. The van der Waals surface area contributed by atoms with Crippen molar-refractivity contribution < 1.29 is 4.79 Å². The fourth-order valence-corrected chi connectivity index (χ4v) is 3.51. The van der Waals surface area contributed by atoms with E-state index >= 15 is 0 Å². The lowest BCUT2D eigenvalue weighted by Gasteiger charge is -2.17. The van der Waals surface area contributed by atoms with Crippen LogP contribution >= 0.6 is 0 Å². The van der Waals surface area contributed by atoms with Gasteiger partial charge in [0.1, 0.15) is 0 Å². The number of carbonyl (C=O) groups excluding carboxylic acids is 1. The number of carbonyl (C=O) groups is 1. The Hall–Kier alpha value is -2.68. The number of fused-ring (bicyclic) bond motifs is 1. The molecule has 0 saturated heterocycles. The van der Waals surface area contributed by atoms with E-state index in [9.17, 15) is 4.79 Å². The molecule has 3 heteroatoms. The van der Waals surface area contributed by atoms with Crippen molar-refractivity contribution in [3.05, 3.63) is 77.0 Å². The molecule has 1 aromatic heterocycles. The predicted octanol–water partition coefficient (Wildman–Crippen LogP) is 4.70. The third kappa shape index (κ3) is 3.93. The zero-order valence-corrected chi connectivity index (χ0v) is 15.8. The van der Waals surface area contributed by atoms with Crippen molar-refractivity contribution in [1.82, 2.24) is 10.3 Å². The molecular weight excluding hydrogens is 320 g/mol. The number of pyridine rings is 1. The zero-order valence-electron chi connectivity index (χ0n) is 15.8. The summed E-state index contributed by atoms with van der Waals surface area (Å²) in [6, 6.07) is 18.5. The van der Waals surface area contributed by atoms with Crippen molar-refractivity contribution in [2.75, 3.05) is 6.54 Å². The summed E-state index contributed by atoms with van der Waals surface area (Å²) in [5, 5.41) is 4.24. The zero-order chi connectivity index (χ0) is 18.5. The van der Waals surface area contributed by atoms with E-state index in [2.05, 4.69) is 42.3 Å². The Balaban J connectivity index is 1.71. The molecule has 0 bridgehead atoms. The second kappa shape index (κ2) is 8.13. The number of rotatable bonds is 6. The second-order valence-electron chi connectivity index (χ2n) is 6.81.